The smallest absolute Gasteiger partial charge is 0.314 e. The summed E-state index contributed by atoms with van der Waals surface area (Å²) in [6, 6.07) is 1.52. The van der Waals surface area contributed by atoms with Crippen LogP contribution in [0.15, 0.2) is 30.7 Å². The van der Waals surface area contributed by atoms with Gasteiger partial charge in [-0.15, -0.1) is 0 Å². The molecule has 1 saturated heterocycles. The highest BCUT2D eigenvalue weighted by Gasteiger charge is 2.53. The number of fused-ring (bicyclic) bond motifs is 1. The number of nitrogens with one attached hydrogen (secondary N) is 1. The van der Waals surface area contributed by atoms with Crippen LogP contribution in [-0.4, -0.2) is 68.4 Å². The van der Waals surface area contributed by atoms with Gasteiger partial charge < -0.3 is 4.90 Å². The number of rotatable bonds is 8. The van der Waals surface area contributed by atoms with Crippen LogP contribution in [0.3, 0.4) is 0 Å². The van der Waals surface area contributed by atoms with Crippen LogP contribution in [-0.2, 0) is 35.0 Å². The van der Waals surface area contributed by atoms with Crippen LogP contribution >= 0.6 is 0 Å². The Bertz CT molecular complexity index is 1280. The van der Waals surface area contributed by atoms with Gasteiger partial charge in [-0.3, -0.25) is 19.4 Å². The summed E-state index contributed by atoms with van der Waals surface area (Å²) in [4.78, 5) is 33.6. The molecule has 13 heteroatoms. The van der Waals surface area contributed by atoms with Crippen molar-refractivity contribution >= 4 is 22.0 Å². The number of sulfonamides is 1. The van der Waals surface area contributed by atoms with Gasteiger partial charge in [0.2, 0.25) is 15.9 Å². The van der Waals surface area contributed by atoms with Crippen molar-refractivity contribution in [1.29, 1.82) is 0 Å². The number of alkyl halides is 1. The summed E-state index contributed by atoms with van der Waals surface area (Å²) in [5.41, 5.74) is -0.339. The first-order valence-corrected chi connectivity index (χ1v) is 13.4. The van der Waals surface area contributed by atoms with Gasteiger partial charge in [0, 0.05) is 31.0 Å². The number of amides is 3. The van der Waals surface area contributed by atoms with E-state index in [1.807, 2.05) is 0 Å². The Morgan fingerprint density at radius 3 is 2.64 bits per heavy atom. The second kappa shape index (κ2) is 9.18. The third kappa shape index (κ3) is 4.61. The molecule has 2 saturated carbocycles. The molecule has 2 aromatic heterocycles. The lowest BCUT2D eigenvalue weighted by Gasteiger charge is -2.48. The van der Waals surface area contributed by atoms with Crippen LogP contribution < -0.4 is 4.72 Å². The number of aromatic nitrogens is 3. The van der Waals surface area contributed by atoms with Crippen molar-refractivity contribution in [2.24, 2.45) is 13.0 Å². The molecule has 194 valence electrons. The lowest BCUT2D eigenvalue weighted by atomic mass is 9.80. The van der Waals surface area contributed by atoms with Gasteiger partial charge in [0.05, 0.1) is 41.7 Å². The number of aryl methyl sites for hydroxylation is 1. The third-order valence-corrected chi connectivity index (χ3v) is 9.41. The normalized spacial score (nSPS) is 25.7. The predicted octanol–water partition coefficient (Wildman–Crippen LogP) is 1.88. The molecule has 3 aliphatic rings. The first kappa shape index (κ1) is 24.8. The molecule has 0 radical (unpaired) electrons. The van der Waals surface area contributed by atoms with Gasteiger partial charge in [0.15, 0.2) is 0 Å². The van der Waals surface area contributed by atoms with Gasteiger partial charge in [-0.2, -0.15) is 5.10 Å². The summed E-state index contributed by atoms with van der Waals surface area (Å²) < 4.78 is 58.0. The number of halogens is 2. The molecule has 36 heavy (non-hydrogen) atoms. The summed E-state index contributed by atoms with van der Waals surface area (Å²) >= 11 is 0. The molecule has 0 aromatic carbocycles. The molecule has 0 bridgehead atoms. The van der Waals surface area contributed by atoms with Crippen LogP contribution in [0.2, 0.25) is 0 Å². The number of carbonyl (C=O) groups is 2. The molecule has 10 nitrogen and oxygen atoms in total. The molecule has 5 rings (SSSR count). The molecule has 1 N–H and O–H groups in total. The molecule has 2 aliphatic carbocycles. The number of pyridine rings is 1. The number of imide groups is 1. The minimum absolute atomic E-state index is 0.0147. The number of urea groups is 1. The zero-order chi connectivity index (χ0) is 25.7. The Hall–Kier alpha value is -2.93. The maximum atomic E-state index is 14.4. The van der Waals surface area contributed by atoms with E-state index >= 15 is 0 Å². The van der Waals surface area contributed by atoms with E-state index in [1.165, 1.54) is 23.2 Å². The zero-order valence-corrected chi connectivity index (χ0v) is 20.6. The van der Waals surface area contributed by atoms with Crippen molar-refractivity contribution in [2.75, 3.05) is 6.67 Å². The summed E-state index contributed by atoms with van der Waals surface area (Å²) in [7, 11) is -2.17. The van der Waals surface area contributed by atoms with Gasteiger partial charge in [-0.1, -0.05) is 0 Å². The zero-order valence-electron chi connectivity index (χ0n) is 19.8. The SMILES string of the molecule is Cn1cc(CN2C(=O)C3CC(S(=O)(=O)NC4(CF)CC4)CCC3N(Cc3ncccc3F)C2=O)cn1. The second-order valence-corrected chi connectivity index (χ2v) is 11.9. The van der Waals surface area contributed by atoms with Crippen LogP contribution in [0, 0.1) is 11.7 Å². The average molecular weight is 523 g/mol. The standard InChI is InChI=1S/C23H28F2N6O4S/c1-29-11-15(10-27-29)12-31-21(32)17-9-16(36(34,35)28-23(14-24)6-7-23)4-5-20(17)30(22(31)33)13-19-18(25)3-2-8-26-19/h2-3,8,10-11,16-17,20,28H,4-7,9,12-14H2,1H3. The van der Waals surface area contributed by atoms with Crippen molar-refractivity contribution in [3.05, 3.63) is 47.8 Å². The van der Waals surface area contributed by atoms with E-state index in [2.05, 4.69) is 14.8 Å². The number of hydrogen-bond donors (Lipinski definition) is 1. The van der Waals surface area contributed by atoms with Gasteiger partial charge in [0.25, 0.3) is 0 Å². The van der Waals surface area contributed by atoms with E-state index in [1.54, 1.807) is 24.1 Å². The van der Waals surface area contributed by atoms with E-state index in [0.717, 1.165) is 4.90 Å². The molecule has 3 heterocycles. The first-order chi connectivity index (χ1) is 17.1. The molecule has 3 amide bonds. The summed E-state index contributed by atoms with van der Waals surface area (Å²) in [5, 5.41) is 3.19. The molecule has 3 unspecified atom stereocenters. The largest absolute Gasteiger partial charge is 0.327 e. The third-order valence-electron chi connectivity index (χ3n) is 7.39. The monoisotopic (exact) mass is 522 g/mol. The lowest BCUT2D eigenvalue weighted by molar-refractivity contribution is -0.141. The summed E-state index contributed by atoms with van der Waals surface area (Å²) in [6.07, 6.45) is 5.96. The maximum Gasteiger partial charge on any atom is 0.327 e. The van der Waals surface area contributed by atoms with E-state index in [4.69, 9.17) is 0 Å². The van der Waals surface area contributed by atoms with E-state index in [9.17, 15) is 26.8 Å². The quantitative estimate of drug-likeness (QED) is 0.566. The van der Waals surface area contributed by atoms with Crippen LogP contribution in [0.25, 0.3) is 0 Å². The van der Waals surface area contributed by atoms with Crippen LogP contribution in [0.1, 0.15) is 43.4 Å². The fourth-order valence-electron chi connectivity index (χ4n) is 5.19. The highest BCUT2D eigenvalue weighted by atomic mass is 32.2. The van der Waals surface area contributed by atoms with Crippen molar-refractivity contribution < 1.29 is 26.8 Å². The molecule has 3 fully saturated rings. The van der Waals surface area contributed by atoms with Gasteiger partial charge in [0.1, 0.15) is 12.5 Å². The van der Waals surface area contributed by atoms with Crippen LogP contribution in [0.5, 0.6) is 0 Å². The molecule has 3 atom stereocenters. The first-order valence-electron chi connectivity index (χ1n) is 11.9. The lowest BCUT2D eigenvalue weighted by Crippen LogP contribution is -2.63. The van der Waals surface area contributed by atoms with E-state index in [0.29, 0.717) is 18.4 Å². The Balaban J connectivity index is 1.43. The van der Waals surface area contributed by atoms with Crippen molar-refractivity contribution in [3.63, 3.8) is 0 Å². The number of nitrogens with zero attached hydrogens (tertiary/aromatic N) is 5. The average Bonchev–Trinajstić information content (AvgIpc) is 3.50. The predicted molar refractivity (Wildman–Crippen MR) is 124 cm³/mol. The fourth-order valence-corrected chi connectivity index (χ4v) is 7.13. The Kier molecular flexibility index (Phi) is 6.31. The maximum absolute atomic E-state index is 14.4. The van der Waals surface area contributed by atoms with E-state index in [-0.39, 0.29) is 38.0 Å². The number of hydrogen-bond acceptors (Lipinski definition) is 6. The number of carbonyl (C=O) groups excluding carboxylic acids is 2. The topological polar surface area (TPSA) is 117 Å². The minimum atomic E-state index is -3.88. The van der Waals surface area contributed by atoms with Gasteiger partial charge in [-0.05, 0) is 44.2 Å². The highest BCUT2D eigenvalue weighted by molar-refractivity contribution is 7.90. The van der Waals surface area contributed by atoms with Crippen molar-refractivity contribution in [1.82, 2.24) is 29.3 Å². The van der Waals surface area contributed by atoms with Gasteiger partial charge >= 0.3 is 6.03 Å². The van der Waals surface area contributed by atoms with Crippen molar-refractivity contribution in [2.45, 2.75) is 62.0 Å². The van der Waals surface area contributed by atoms with Crippen molar-refractivity contribution in [3.8, 4) is 0 Å². The molecule has 0 spiro atoms. The van der Waals surface area contributed by atoms with E-state index < -0.39 is 57.2 Å². The molecular weight excluding hydrogens is 494 g/mol. The summed E-state index contributed by atoms with van der Waals surface area (Å²) in [5.74, 6) is -1.85. The second-order valence-electron chi connectivity index (χ2n) is 9.96. The Morgan fingerprint density at radius 1 is 1.22 bits per heavy atom. The molecule has 2 aromatic rings. The Labute approximate surface area is 207 Å². The minimum Gasteiger partial charge on any atom is -0.314 e. The summed E-state index contributed by atoms with van der Waals surface area (Å²) in [6.45, 7) is -0.971. The highest BCUT2D eigenvalue weighted by Crippen LogP contribution is 2.41. The Morgan fingerprint density at radius 2 is 2.00 bits per heavy atom. The van der Waals surface area contributed by atoms with Crippen LogP contribution in [0.4, 0.5) is 13.6 Å². The molecular formula is C23H28F2N6O4S. The molecule has 1 aliphatic heterocycles. The van der Waals surface area contributed by atoms with Gasteiger partial charge in [-0.25, -0.2) is 26.7 Å². The fraction of sp³-hybridized carbons (Fsp3) is 0.565.